The second-order valence-corrected chi connectivity index (χ2v) is 5.49. The summed E-state index contributed by atoms with van der Waals surface area (Å²) in [7, 11) is 0. The maximum absolute atomic E-state index is 8.83. The molecular weight excluding hydrogens is 280 g/mol. The van der Waals surface area contributed by atoms with Gasteiger partial charge in [0.25, 0.3) is 0 Å². The fourth-order valence-electron chi connectivity index (χ4n) is 0.691. The summed E-state index contributed by atoms with van der Waals surface area (Å²) < 4.78 is 0. The first-order valence-corrected chi connectivity index (χ1v) is 8.00. The van der Waals surface area contributed by atoms with E-state index < -0.39 is 18.3 Å². The van der Waals surface area contributed by atoms with Gasteiger partial charge in [-0.3, -0.25) is 0 Å². The van der Waals surface area contributed by atoms with Crippen LogP contribution in [0.3, 0.4) is 0 Å². The maximum Gasteiger partial charge on any atom is 0.0861 e. The number of rotatable bonds is 9. The lowest BCUT2D eigenvalue weighted by atomic mass is 10.4. The molecule has 0 saturated heterocycles. The van der Waals surface area contributed by atoms with Crippen LogP contribution < -0.4 is 0 Å². The molecule has 0 aliphatic heterocycles. The van der Waals surface area contributed by atoms with E-state index in [1.807, 2.05) is 6.26 Å². The van der Waals surface area contributed by atoms with Crippen molar-refractivity contribution < 1.29 is 30.6 Å². The van der Waals surface area contributed by atoms with E-state index in [1.54, 1.807) is 0 Å². The molecule has 0 rings (SSSR count). The van der Waals surface area contributed by atoms with Crippen LogP contribution in [-0.4, -0.2) is 92.3 Å². The third-order valence-electron chi connectivity index (χ3n) is 1.61. The lowest BCUT2D eigenvalue weighted by Crippen LogP contribution is -2.19. The Kier molecular flexibility index (Phi) is 17.9. The summed E-state index contributed by atoms with van der Waals surface area (Å²) in [5, 5.41) is 51.2. The van der Waals surface area contributed by atoms with Crippen molar-refractivity contribution >= 4 is 23.5 Å². The highest BCUT2D eigenvalue weighted by Crippen LogP contribution is 2.04. The minimum Gasteiger partial charge on any atom is -0.394 e. The van der Waals surface area contributed by atoms with Crippen LogP contribution in [0.2, 0.25) is 0 Å². The van der Waals surface area contributed by atoms with E-state index in [9.17, 15) is 0 Å². The van der Waals surface area contributed by atoms with E-state index in [0.29, 0.717) is 17.3 Å². The van der Waals surface area contributed by atoms with Gasteiger partial charge in [-0.15, -0.1) is 0 Å². The summed E-state index contributed by atoms with van der Waals surface area (Å²) in [4.78, 5) is 0. The zero-order valence-corrected chi connectivity index (χ0v) is 12.1. The number of thioether (sulfide) groups is 2. The number of aliphatic hydroxyl groups excluding tert-OH is 6. The highest BCUT2D eigenvalue weighted by atomic mass is 32.2. The van der Waals surface area contributed by atoms with Crippen LogP contribution in [0, 0.1) is 0 Å². The average Bonchev–Trinajstić information content (AvgIpc) is 2.39. The largest absolute Gasteiger partial charge is 0.394 e. The topological polar surface area (TPSA) is 121 Å². The fourth-order valence-corrected chi connectivity index (χ4v) is 2.07. The van der Waals surface area contributed by atoms with Crippen molar-refractivity contribution in [1.29, 1.82) is 0 Å². The maximum atomic E-state index is 8.83. The number of hydrogen-bond donors (Lipinski definition) is 6. The van der Waals surface area contributed by atoms with E-state index in [0.717, 1.165) is 0 Å². The van der Waals surface area contributed by atoms with Crippen molar-refractivity contribution in [1.82, 2.24) is 0 Å². The van der Waals surface area contributed by atoms with E-state index >= 15 is 0 Å². The molecule has 6 N–H and O–H groups in total. The Morgan fingerprint density at radius 3 is 1.28 bits per heavy atom. The molecule has 0 saturated carbocycles. The van der Waals surface area contributed by atoms with Gasteiger partial charge in [0.1, 0.15) is 0 Å². The summed E-state index contributed by atoms with van der Waals surface area (Å²) in [6.07, 6.45) is -0.106. The van der Waals surface area contributed by atoms with Gasteiger partial charge in [0.05, 0.1) is 38.1 Å². The van der Waals surface area contributed by atoms with E-state index in [-0.39, 0.29) is 19.8 Å². The predicted octanol–water partition coefficient (Wildman–Crippen LogP) is -1.87. The van der Waals surface area contributed by atoms with Crippen LogP contribution in [0.4, 0.5) is 0 Å². The summed E-state index contributed by atoms with van der Waals surface area (Å²) in [6, 6.07) is 0. The first-order valence-electron chi connectivity index (χ1n) is 5.45. The second kappa shape index (κ2) is 15.5. The van der Waals surface area contributed by atoms with Crippen molar-refractivity contribution in [2.24, 2.45) is 0 Å². The van der Waals surface area contributed by atoms with E-state index in [1.165, 1.54) is 23.5 Å². The van der Waals surface area contributed by atoms with Gasteiger partial charge in [-0.25, -0.2) is 0 Å². The molecule has 0 spiro atoms. The van der Waals surface area contributed by atoms with Gasteiger partial charge in [-0.2, -0.15) is 23.5 Å². The van der Waals surface area contributed by atoms with Crippen molar-refractivity contribution in [3.8, 4) is 0 Å². The lowest BCUT2D eigenvalue weighted by Gasteiger charge is -2.08. The van der Waals surface area contributed by atoms with Gasteiger partial charge in [-0.05, 0) is 6.26 Å². The monoisotopic (exact) mass is 304 g/mol. The molecule has 0 aromatic heterocycles. The smallest absolute Gasteiger partial charge is 0.0861 e. The fraction of sp³-hybridized carbons (Fsp3) is 1.00. The minimum absolute atomic E-state index is 0.124. The van der Waals surface area contributed by atoms with Crippen molar-refractivity contribution in [3.63, 3.8) is 0 Å². The molecule has 3 unspecified atom stereocenters. The second-order valence-electron chi connectivity index (χ2n) is 3.50. The van der Waals surface area contributed by atoms with E-state index in [4.69, 9.17) is 30.6 Å². The lowest BCUT2D eigenvalue weighted by molar-refractivity contribution is 0.109. The van der Waals surface area contributed by atoms with Crippen LogP contribution in [0.5, 0.6) is 0 Å². The van der Waals surface area contributed by atoms with Crippen LogP contribution >= 0.6 is 23.5 Å². The van der Waals surface area contributed by atoms with Crippen LogP contribution in [0.15, 0.2) is 0 Å². The molecule has 0 aliphatic rings. The highest BCUT2D eigenvalue weighted by Gasteiger charge is 2.05. The van der Waals surface area contributed by atoms with E-state index in [2.05, 4.69) is 0 Å². The minimum atomic E-state index is -0.731. The molecule has 0 amide bonds. The Labute approximate surface area is 116 Å². The Morgan fingerprint density at radius 1 is 0.722 bits per heavy atom. The zero-order chi connectivity index (χ0) is 14.4. The van der Waals surface area contributed by atoms with Gasteiger partial charge in [-0.1, -0.05) is 0 Å². The average molecular weight is 304 g/mol. The van der Waals surface area contributed by atoms with Crippen LogP contribution in [0.25, 0.3) is 0 Å². The van der Waals surface area contributed by atoms with Gasteiger partial charge < -0.3 is 30.6 Å². The van der Waals surface area contributed by atoms with Crippen molar-refractivity contribution in [2.45, 2.75) is 18.3 Å². The molecule has 0 bridgehead atoms. The molecule has 0 aliphatic carbocycles. The summed E-state index contributed by atoms with van der Waals surface area (Å²) in [5.41, 5.74) is 0. The van der Waals surface area contributed by atoms with Gasteiger partial charge in [0.15, 0.2) is 0 Å². The zero-order valence-electron chi connectivity index (χ0n) is 10.5. The standard InChI is InChI=1S/C6H14O4S.C4H10O2S/c7-1-5(9)3-11-4-6(10)2-8;1-7-3-4(6)2-5/h5-10H,1-4H2;4-6H,2-3H2,1H3. The molecule has 18 heavy (non-hydrogen) atoms. The summed E-state index contributed by atoms with van der Waals surface area (Å²) in [5.74, 6) is 1.39. The molecular formula is C10H24O6S2. The molecule has 6 nitrogen and oxygen atoms in total. The first kappa shape index (κ1) is 20.8. The number of hydrogen-bond acceptors (Lipinski definition) is 8. The Hall–Kier alpha value is 0.460. The predicted molar refractivity (Wildman–Crippen MR) is 75.0 cm³/mol. The number of aliphatic hydroxyl groups is 6. The molecule has 0 aromatic carbocycles. The summed E-state index contributed by atoms with van der Waals surface area (Å²) in [6.45, 7) is -0.648. The van der Waals surface area contributed by atoms with Gasteiger partial charge in [0, 0.05) is 17.3 Å². The van der Waals surface area contributed by atoms with Crippen molar-refractivity contribution in [3.05, 3.63) is 0 Å². The molecule has 0 heterocycles. The first-order chi connectivity index (χ1) is 8.51. The Bertz CT molecular complexity index is 153. The normalized spacial score (nSPS) is 15.5. The molecule has 0 aromatic rings. The Balaban J connectivity index is 0. The van der Waals surface area contributed by atoms with Gasteiger partial charge >= 0.3 is 0 Å². The molecule has 0 radical (unpaired) electrons. The molecule has 0 fully saturated rings. The molecule has 3 atom stereocenters. The third kappa shape index (κ3) is 16.5. The third-order valence-corrected chi connectivity index (χ3v) is 3.57. The summed E-state index contributed by atoms with van der Waals surface area (Å²) >= 11 is 2.82. The molecule has 112 valence electrons. The molecule has 8 heteroatoms. The van der Waals surface area contributed by atoms with Gasteiger partial charge in [0.2, 0.25) is 0 Å². The SMILES string of the molecule is CSCC(O)CO.OCC(O)CSCC(O)CO. The van der Waals surface area contributed by atoms with Crippen LogP contribution in [0.1, 0.15) is 0 Å². The van der Waals surface area contributed by atoms with Crippen LogP contribution in [-0.2, 0) is 0 Å². The quantitative estimate of drug-likeness (QED) is 0.293. The highest BCUT2D eigenvalue weighted by molar-refractivity contribution is 7.99. The van der Waals surface area contributed by atoms with Crippen molar-refractivity contribution in [2.75, 3.05) is 43.3 Å². The Morgan fingerprint density at radius 2 is 1.06 bits per heavy atom.